The Bertz CT molecular complexity index is 1570. The number of nitrogens with two attached hydrogens (primary N) is 1. The summed E-state index contributed by atoms with van der Waals surface area (Å²) in [4.78, 5) is 14.1. The van der Waals surface area contributed by atoms with Crippen molar-refractivity contribution in [2.45, 2.75) is 30.1 Å². The molecule has 0 spiro atoms. The minimum absolute atomic E-state index is 0.00765. The maximum Gasteiger partial charge on any atom is 0.260 e. The van der Waals surface area contributed by atoms with Crippen molar-refractivity contribution in [3.8, 4) is 16.9 Å². The average Bonchev–Trinajstić information content (AvgIpc) is 3.36. The zero-order valence-corrected chi connectivity index (χ0v) is 21.5. The second-order valence-electron chi connectivity index (χ2n) is 9.18. The fourth-order valence-electron chi connectivity index (χ4n) is 4.99. The van der Waals surface area contributed by atoms with E-state index in [1.54, 1.807) is 43.3 Å². The maximum atomic E-state index is 15.5. The second kappa shape index (κ2) is 9.98. The molecule has 1 aliphatic rings. The lowest BCUT2D eigenvalue weighted by molar-refractivity contribution is -0.00511. The van der Waals surface area contributed by atoms with Gasteiger partial charge in [-0.2, -0.15) is 0 Å². The highest BCUT2D eigenvalue weighted by Gasteiger charge is 2.43. The minimum atomic E-state index is -1.96. The summed E-state index contributed by atoms with van der Waals surface area (Å²) in [6, 6.07) is 15.6. The summed E-state index contributed by atoms with van der Waals surface area (Å²) in [6.45, 7) is 1.63. The van der Waals surface area contributed by atoms with Gasteiger partial charge in [0.1, 0.15) is 11.6 Å². The number of methoxy groups -OCH3 is 1. The van der Waals surface area contributed by atoms with Gasteiger partial charge in [-0.25, -0.2) is 13.2 Å². The summed E-state index contributed by atoms with van der Waals surface area (Å²) in [5.74, 6) is -2.05. The van der Waals surface area contributed by atoms with Crippen LogP contribution in [0.2, 0.25) is 0 Å². The van der Waals surface area contributed by atoms with Gasteiger partial charge >= 0.3 is 0 Å². The molecule has 0 fully saturated rings. The molecule has 0 amide bonds. The SMILES string of the molecule is COc1cccc(-c2c(C)c(Cc3c(F)cccc3F)c3n(c2=O)C(C(N)(O)c2ccccc2)CS3)c1F. The molecule has 2 atom stereocenters. The lowest BCUT2D eigenvalue weighted by atomic mass is 9.92. The van der Waals surface area contributed by atoms with Gasteiger partial charge in [-0.3, -0.25) is 15.1 Å². The largest absolute Gasteiger partial charge is 0.494 e. The third-order valence-electron chi connectivity index (χ3n) is 7.04. The van der Waals surface area contributed by atoms with Crippen LogP contribution in [0, 0.1) is 24.4 Å². The quantitative estimate of drug-likeness (QED) is 0.326. The summed E-state index contributed by atoms with van der Waals surface area (Å²) < 4.78 is 51.4. The van der Waals surface area contributed by atoms with Gasteiger partial charge in [0.15, 0.2) is 17.3 Å². The van der Waals surface area contributed by atoms with E-state index in [0.717, 1.165) is 12.1 Å². The molecule has 0 bridgehead atoms. The molecular formula is C29H25F3N2O3S. The molecule has 0 saturated carbocycles. The predicted molar refractivity (Wildman–Crippen MR) is 141 cm³/mol. The van der Waals surface area contributed by atoms with Crippen molar-refractivity contribution >= 4 is 11.8 Å². The molecule has 2 unspecified atom stereocenters. The molecule has 5 rings (SSSR count). The highest BCUT2D eigenvalue weighted by Crippen LogP contribution is 2.45. The van der Waals surface area contributed by atoms with E-state index in [9.17, 15) is 18.7 Å². The van der Waals surface area contributed by atoms with Crippen LogP contribution in [0.1, 0.15) is 28.3 Å². The van der Waals surface area contributed by atoms with Crippen molar-refractivity contribution in [1.82, 2.24) is 4.57 Å². The third kappa shape index (κ3) is 4.20. The Kier molecular flexibility index (Phi) is 6.85. The second-order valence-corrected chi connectivity index (χ2v) is 10.2. The Labute approximate surface area is 221 Å². The Morgan fingerprint density at radius 2 is 1.68 bits per heavy atom. The zero-order valence-electron chi connectivity index (χ0n) is 20.7. The van der Waals surface area contributed by atoms with Gasteiger partial charge in [0.05, 0.1) is 23.7 Å². The maximum absolute atomic E-state index is 15.5. The standard InChI is InChI=1S/C29H25F3N2O3S/c1-16-19(14-20-21(30)11-7-12-22(20)31)28-34(24(15-38-28)29(33,36)17-8-4-3-5-9-17)27(35)25(16)18-10-6-13-23(37-2)26(18)32/h3-13,24,36H,14-15,33H2,1-2H3. The zero-order chi connectivity index (χ0) is 27.2. The van der Waals surface area contributed by atoms with Crippen molar-refractivity contribution in [2.75, 3.05) is 12.9 Å². The molecule has 0 saturated heterocycles. The molecule has 3 aromatic carbocycles. The van der Waals surface area contributed by atoms with E-state index in [1.165, 1.54) is 41.6 Å². The van der Waals surface area contributed by atoms with Crippen LogP contribution in [-0.2, 0) is 12.1 Å². The third-order valence-corrected chi connectivity index (χ3v) is 8.24. The van der Waals surface area contributed by atoms with Gasteiger partial charge in [-0.05, 0) is 36.2 Å². The number of halogens is 3. The van der Waals surface area contributed by atoms with Crippen LogP contribution in [0.3, 0.4) is 0 Å². The first kappa shape index (κ1) is 26.1. The van der Waals surface area contributed by atoms with Crippen molar-refractivity contribution in [1.29, 1.82) is 0 Å². The van der Waals surface area contributed by atoms with Gasteiger partial charge in [-0.1, -0.05) is 48.5 Å². The Balaban J connectivity index is 1.80. The number of pyridine rings is 1. The number of aromatic nitrogens is 1. The van der Waals surface area contributed by atoms with Crippen LogP contribution in [0.15, 0.2) is 76.6 Å². The van der Waals surface area contributed by atoms with Crippen molar-refractivity contribution in [2.24, 2.45) is 5.73 Å². The van der Waals surface area contributed by atoms with E-state index in [1.807, 2.05) is 0 Å². The first-order chi connectivity index (χ1) is 18.2. The van der Waals surface area contributed by atoms with Crippen LogP contribution in [0.4, 0.5) is 13.2 Å². The number of aliphatic hydroxyl groups is 1. The van der Waals surface area contributed by atoms with Crippen LogP contribution in [-0.4, -0.2) is 22.5 Å². The molecule has 1 aliphatic heterocycles. The number of ether oxygens (including phenoxy) is 1. The Hall–Kier alpha value is -3.53. The lowest BCUT2D eigenvalue weighted by Crippen LogP contribution is -2.48. The van der Waals surface area contributed by atoms with E-state index in [0.29, 0.717) is 21.7 Å². The van der Waals surface area contributed by atoms with E-state index >= 15 is 4.39 Å². The van der Waals surface area contributed by atoms with Gasteiger partial charge < -0.3 is 9.84 Å². The summed E-state index contributed by atoms with van der Waals surface area (Å²) in [5, 5.41) is 11.9. The van der Waals surface area contributed by atoms with Gasteiger partial charge in [0.2, 0.25) is 0 Å². The first-order valence-electron chi connectivity index (χ1n) is 11.9. The van der Waals surface area contributed by atoms with Crippen molar-refractivity contribution in [3.05, 3.63) is 117 Å². The number of hydrogen-bond acceptors (Lipinski definition) is 5. The lowest BCUT2D eigenvalue weighted by Gasteiger charge is -2.32. The molecule has 0 aliphatic carbocycles. The summed E-state index contributed by atoms with van der Waals surface area (Å²) in [5.41, 5.74) is 4.95. The smallest absolute Gasteiger partial charge is 0.260 e. The van der Waals surface area contributed by atoms with Crippen LogP contribution in [0.25, 0.3) is 11.1 Å². The van der Waals surface area contributed by atoms with Crippen LogP contribution < -0.4 is 16.0 Å². The molecule has 9 heteroatoms. The molecule has 3 N–H and O–H groups in total. The highest BCUT2D eigenvalue weighted by atomic mass is 32.2. The van der Waals surface area contributed by atoms with E-state index in [4.69, 9.17) is 10.5 Å². The average molecular weight is 539 g/mol. The predicted octanol–water partition coefficient (Wildman–Crippen LogP) is 5.29. The Morgan fingerprint density at radius 1 is 1.03 bits per heavy atom. The van der Waals surface area contributed by atoms with Gasteiger partial charge in [-0.15, -0.1) is 11.8 Å². The molecule has 4 aromatic rings. The minimum Gasteiger partial charge on any atom is -0.494 e. The molecule has 38 heavy (non-hydrogen) atoms. The van der Waals surface area contributed by atoms with E-state index in [2.05, 4.69) is 0 Å². The molecular weight excluding hydrogens is 513 g/mol. The molecule has 5 nitrogen and oxygen atoms in total. The molecule has 196 valence electrons. The molecule has 1 aromatic heterocycles. The monoisotopic (exact) mass is 538 g/mol. The van der Waals surface area contributed by atoms with Crippen LogP contribution in [0.5, 0.6) is 5.75 Å². The Morgan fingerprint density at radius 3 is 2.34 bits per heavy atom. The summed E-state index contributed by atoms with van der Waals surface area (Å²) in [7, 11) is 1.32. The number of thioether (sulfide) groups is 1. The summed E-state index contributed by atoms with van der Waals surface area (Å²) in [6.07, 6.45) is -0.188. The van der Waals surface area contributed by atoms with E-state index < -0.39 is 34.8 Å². The van der Waals surface area contributed by atoms with Crippen molar-refractivity contribution in [3.63, 3.8) is 0 Å². The number of benzene rings is 3. The number of fused-ring (bicyclic) bond motifs is 1. The normalized spacial score (nSPS) is 16.2. The fraction of sp³-hybridized carbons (Fsp3) is 0.207. The number of rotatable bonds is 6. The van der Waals surface area contributed by atoms with E-state index in [-0.39, 0.29) is 34.6 Å². The first-order valence-corrected chi connectivity index (χ1v) is 12.9. The summed E-state index contributed by atoms with van der Waals surface area (Å²) >= 11 is 1.26. The highest BCUT2D eigenvalue weighted by molar-refractivity contribution is 7.99. The molecule has 0 radical (unpaired) electrons. The fourth-order valence-corrected chi connectivity index (χ4v) is 6.46. The van der Waals surface area contributed by atoms with Crippen molar-refractivity contribution < 1.29 is 23.0 Å². The number of hydrogen-bond donors (Lipinski definition) is 2. The number of nitrogens with zero attached hydrogens (tertiary/aromatic N) is 1. The van der Waals surface area contributed by atoms with Crippen LogP contribution >= 0.6 is 11.8 Å². The van der Waals surface area contributed by atoms with Gasteiger partial charge in [0.25, 0.3) is 5.56 Å². The van der Waals surface area contributed by atoms with Gasteiger partial charge in [0, 0.05) is 28.9 Å². The topological polar surface area (TPSA) is 77.5 Å². The molecule has 2 heterocycles.